The topological polar surface area (TPSA) is 52.9 Å². The Hall–Kier alpha value is -1.18. The molecule has 1 amide bonds. The second-order valence-electron chi connectivity index (χ2n) is 2.83. The molecule has 0 fully saturated rings. The van der Waals surface area contributed by atoms with E-state index < -0.39 is 0 Å². The largest absolute Gasteiger partial charge is 0.325 e. The summed E-state index contributed by atoms with van der Waals surface area (Å²) in [6, 6.07) is 6.68. The fraction of sp³-hybridized carbons (Fsp3) is 0.200. The predicted molar refractivity (Wildman–Crippen MR) is 63.3 cm³/mol. The van der Waals surface area contributed by atoms with Crippen LogP contribution in [0.3, 0.4) is 0 Å². The van der Waals surface area contributed by atoms with Crippen molar-refractivity contribution in [1.82, 2.24) is 0 Å². The number of hydrogen-bond donors (Lipinski definition) is 2. The molecule has 0 aliphatic heterocycles. The van der Waals surface area contributed by atoms with Crippen LogP contribution < -0.4 is 5.32 Å². The van der Waals surface area contributed by atoms with E-state index in [1.807, 2.05) is 6.07 Å². The number of nitrogens with zero attached hydrogens (tertiary/aromatic N) is 1. The first-order valence-corrected chi connectivity index (χ1v) is 5.28. The van der Waals surface area contributed by atoms with Gasteiger partial charge in [-0.1, -0.05) is 11.6 Å². The van der Waals surface area contributed by atoms with Gasteiger partial charge in [-0.05, 0) is 24.0 Å². The van der Waals surface area contributed by atoms with E-state index in [1.165, 1.54) is 6.07 Å². The molecule has 0 aromatic heterocycles. The molecule has 0 saturated heterocycles. The van der Waals surface area contributed by atoms with Crippen molar-refractivity contribution in [2.24, 2.45) is 0 Å². The van der Waals surface area contributed by atoms with Crippen molar-refractivity contribution in [2.45, 2.75) is 6.42 Å². The third-order valence-corrected chi connectivity index (χ3v) is 2.25. The number of carbonyl (C=O) groups excluding carboxylic acids is 1. The zero-order chi connectivity index (χ0) is 11.3. The first kappa shape index (κ1) is 11.9. The molecule has 1 aromatic rings. The quantitative estimate of drug-likeness (QED) is 0.798. The summed E-state index contributed by atoms with van der Waals surface area (Å²) in [6.07, 6.45) is 0.333. The van der Waals surface area contributed by atoms with Crippen LogP contribution in [0.1, 0.15) is 12.0 Å². The smallest absolute Gasteiger partial charge is 0.225 e. The number of hydrogen-bond acceptors (Lipinski definition) is 3. The number of rotatable bonds is 3. The average molecular weight is 241 g/mol. The molecular formula is C10H9ClN2OS. The second-order valence-corrected chi connectivity index (χ2v) is 3.68. The highest BCUT2D eigenvalue weighted by atomic mass is 35.5. The van der Waals surface area contributed by atoms with Gasteiger partial charge in [0.05, 0.1) is 22.3 Å². The summed E-state index contributed by atoms with van der Waals surface area (Å²) in [7, 11) is 0. The summed E-state index contributed by atoms with van der Waals surface area (Å²) in [6.45, 7) is 0. The second kappa shape index (κ2) is 5.64. The lowest BCUT2D eigenvalue weighted by molar-refractivity contribution is -0.115. The molecule has 0 aliphatic rings. The minimum atomic E-state index is -0.142. The van der Waals surface area contributed by atoms with Gasteiger partial charge < -0.3 is 5.32 Å². The van der Waals surface area contributed by atoms with Gasteiger partial charge in [0.25, 0.3) is 0 Å². The van der Waals surface area contributed by atoms with Gasteiger partial charge in [0.1, 0.15) is 0 Å². The monoisotopic (exact) mass is 240 g/mol. The lowest BCUT2D eigenvalue weighted by atomic mass is 10.2. The molecule has 0 atom stereocenters. The summed E-state index contributed by atoms with van der Waals surface area (Å²) in [5, 5.41) is 11.6. The van der Waals surface area contributed by atoms with E-state index in [4.69, 9.17) is 16.9 Å². The van der Waals surface area contributed by atoms with Gasteiger partial charge in [-0.2, -0.15) is 17.9 Å². The molecule has 0 spiro atoms. The minimum Gasteiger partial charge on any atom is -0.325 e. The van der Waals surface area contributed by atoms with Crippen LogP contribution in [-0.2, 0) is 4.79 Å². The van der Waals surface area contributed by atoms with Crippen molar-refractivity contribution in [3.63, 3.8) is 0 Å². The number of thiol groups is 1. The van der Waals surface area contributed by atoms with Gasteiger partial charge in [-0.25, -0.2) is 0 Å². The Morgan fingerprint density at radius 3 is 2.87 bits per heavy atom. The number of halogens is 1. The Labute approximate surface area is 98.5 Å². The van der Waals surface area contributed by atoms with E-state index in [1.54, 1.807) is 12.1 Å². The Balaban J connectivity index is 2.79. The van der Waals surface area contributed by atoms with Crippen molar-refractivity contribution in [3.05, 3.63) is 28.8 Å². The van der Waals surface area contributed by atoms with E-state index in [0.29, 0.717) is 28.4 Å². The van der Waals surface area contributed by atoms with Crippen molar-refractivity contribution < 1.29 is 4.79 Å². The number of anilines is 1. The van der Waals surface area contributed by atoms with Crippen LogP contribution in [0.4, 0.5) is 5.69 Å². The molecule has 0 heterocycles. The molecule has 78 valence electrons. The number of nitrogens with one attached hydrogen (secondary N) is 1. The summed E-state index contributed by atoms with van der Waals surface area (Å²) in [4.78, 5) is 11.2. The van der Waals surface area contributed by atoms with Crippen LogP contribution in [0.15, 0.2) is 18.2 Å². The number of benzene rings is 1. The van der Waals surface area contributed by atoms with E-state index in [0.717, 1.165) is 0 Å². The molecule has 0 radical (unpaired) electrons. The molecule has 3 nitrogen and oxygen atoms in total. The minimum absolute atomic E-state index is 0.142. The van der Waals surface area contributed by atoms with Gasteiger partial charge in [-0.15, -0.1) is 0 Å². The zero-order valence-corrected chi connectivity index (χ0v) is 9.48. The Kier molecular flexibility index (Phi) is 4.47. The first-order valence-electron chi connectivity index (χ1n) is 4.27. The van der Waals surface area contributed by atoms with E-state index in [2.05, 4.69) is 17.9 Å². The molecule has 1 rings (SSSR count). The molecule has 15 heavy (non-hydrogen) atoms. The molecule has 0 unspecified atom stereocenters. The summed E-state index contributed by atoms with van der Waals surface area (Å²) in [5.41, 5.74) is 0.981. The lowest BCUT2D eigenvalue weighted by Crippen LogP contribution is -2.11. The van der Waals surface area contributed by atoms with Crippen LogP contribution in [0.2, 0.25) is 5.02 Å². The molecule has 0 saturated carbocycles. The van der Waals surface area contributed by atoms with E-state index >= 15 is 0 Å². The van der Waals surface area contributed by atoms with Gasteiger partial charge >= 0.3 is 0 Å². The zero-order valence-electron chi connectivity index (χ0n) is 7.83. The van der Waals surface area contributed by atoms with Crippen LogP contribution in [0, 0.1) is 11.3 Å². The van der Waals surface area contributed by atoms with Crippen molar-refractivity contribution in [1.29, 1.82) is 5.26 Å². The molecule has 1 aromatic carbocycles. The van der Waals surface area contributed by atoms with E-state index in [-0.39, 0.29) is 5.91 Å². The van der Waals surface area contributed by atoms with E-state index in [9.17, 15) is 4.79 Å². The van der Waals surface area contributed by atoms with Crippen LogP contribution in [0.25, 0.3) is 0 Å². The number of amides is 1. The van der Waals surface area contributed by atoms with Crippen molar-refractivity contribution in [3.8, 4) is 6.07 Å². The maximum atomic E-state index is 11.2. The lowest BCUT2D eigenvalue weighted by Gasteiger charge is -2.06. The Morgan fingerprint density at radius 1 is 1.60 bits per heavy atom. The average Bonchev–Trinajstić information content (AvgIpc) is 2.21. The maximum Gasteiger partial charge on any atom is 0.225 e. The van der Waals surface area contributed by atoms with Gasteiger partial charge in [0.2, 0.25) is 5.91 Å². The van der Waals surface area contributed by atoms with Crippen molar-refractivity contribution in [2.75, 3.05) is 11.1 Å². The normalized spacial score (nSPS) is 9.40. The molecule has 5 heteroatoms. The number of nitriles is 1. The van der Waals surface area contributed by atoms with Crippen LogP contribution in [-0.4, -0.2) is 11.7 Å². The fourth-order valence-electron chi connectivity index (χ4n) is 1.00. The summed E-state index contributed by atoms with van der Waals surface area (Å²) in [5.74, 6) is 0.344. The fourth-order valence-corrected chi connectivity index (χ4v) is 1.43. The van der Waals surface area contributed by atoms with Gasteiger partial charge in [-0.3, -0.25) is 4.79 Å². The third kappa shape index (κ3) is 3.46. The SMILES string of the molecule is N#Cc1ccc(NC(=O)CCS)c(Cl)c1. The summed E-state index contributed by atoms with van der Waals surface area (Å²) < 4.78 is 0. The molecule has 0 aliphatic carbocycles. The first-order chi connectivity index (χ1) is 7.17. The number of carbonyl (C=O) groups is 1. The Morgan fingerprint density at radius 2 is 2.33 bits per heavy atom. The highest BCUT2D eigenvalue weighted by Gasteiger charge is 2.05. The molecular weight excluding hydrogens is 232 g/mol. The maximum absolute atomic E-state index is 11.2. The van der Waals surface area contributed by atoms with Gasteiger partial charge in [0.15, 0.2) is 0 Å². The predicted octanol–water partition coefficient (Wildman–Crippen LogP) is 2.47. The van der Waals surface area contributed by atoms with Crippen LogP contribution >= 0.6 is 24.2 Å². The standard InChI is InChI=1S/C10H9ClN2OS/c11-8-5-7(6-12)1-2-9(8)13-10(14)3-4-15/h1-2,5,15H,3-4H2,(H,13,14). The van der Waals surface area contributed by atoms with Crippen molar-refractivity contribution >= 4 is 35.8 Å². The highest BCUT2D eigenvalue weighted by molar-refractivity contribution is 7.80. The third-order valence-electron chi connectivity index (χ3n) is 1.71. The highest BCUT2D eigenvalue weighted by Crippen LogP contribution is 2.22. The summed E-state index contributed by atoms with van der Waals surface area (Å²) >= 11 is 9.81. The Bertz CT molecular complexity index is 414. The molecule has 0 bridgehead atoms. The van der Waals surface area contributed by atoms with Crippen LogP contribution in [0.5, 0.6) is 0 Å². The molecule has 1 N–H and O–H groups in total. The van der Waals surface area contributed by atoms with Gasteiger partial charge in [0, 0.05) is 6.42 Å².